The Balaban J connectivity index is 1.95. The summed E-state index contributed by atoms with van der Waals surface area (Å²) in [7, 11) is -2.47. The van der Waals surface area contributed by atoms with Crippen LogP contribution in [0.2, 0.25) is 0 Å². The lowest BCUT2D eigenvalue weighted by Crippen LogP contribution is -2.16. The predicted octanol–water partition coefficient (Wildman–Crippen LogP) is 4.09. The predicted molar refractivity (Wildman–Crippen MR) is 101 cm³/mol. The molecule has 0 fully saturated rings. The number of rotatable bonds is 6. The van der Waals surface area contributed by atoms with Gasteiger partial charge in [-0.05, 0) is 55.3 Å². The third-order valence-electron chi connectivity index (χ3n) is 4.15. The van der Waals surface area contributed by atoms with E-state index in [4.69, 9.17) is 4.74 Å². The molecule has 0 aliphatic heterocycles. The zero-order valence-electron chi connectivity index (χ0n) is 14.6. The minimum Gasteiger partial charge on any atom is -0.497 e. The van der Waals surface area contributed by atoms with Gasteiger partial charge in [0.05, 0.1) is 17.7 Å². The van der Waals surface area contributed by atoms with Crippen molar-refractivity contribution in [2.45, 2.75) is 17.7 Å². The van der Waals surface area contributed by atoms with Crippen molar-refractivity contribution in [2.75, 3.05) is 11.8 Å². The van der Waals surface area contributed by atoms with E-state index in [2.05, 4.69) is 4.72 Å². The molecule has 27 heavy (non-hydrogen) atoms. The Hall–Kier alpha value is -2.93. The Labute approximate surface area is 157 Å². The molecule has 5 nitrogen and oxygen atoms in total. The Morgan fingerprint density at radius 1 is 1.15 bits per heavy atom. The van der Waals surface area contributed by atoms with Crippen LogP contribution in [0.5, 0.6) is 5.75 Å². The number of ketones is 1. The van der Waals surface area contributed by atoms with Crippen LogP contribution >= 0.6 is 0 Å². The van der Waals surface area contributed by atoms with E-state index >= 15 is 0 Å². The second-order valence-corrected chi connectivity index (χ2v) is 7.64. The van der Waals surface area contributed by atoms with Gasteiger partial charge in [0.15, 0.2) is 5.78 Å². The molecule has 0 radical (unpaired) electrons. The van der Waals surface area contributed by atoms with E-state index < -0.39 is 21.6 Å². The second kappa shape index (κ2) is 7.75. The molecule has 0 saturated heterocycles. The van der Waals surface area contributed by atoms with Crippen molar-refractivity contribution in [1.82, 2.24) is 0 Å². The highest BCUT2D eigenvalue weighted by atomic mass is 32.2. The van der Waals surface area contributed by atoms with Gasteiger partial charge in [0.2, 0.25) is 0 Å². The highest BCUT2D eigenvalue weighted by molar-refractivity contribution is 7.92. The van der Waals surface area contributed by atoms with Crippen molar-refractivity contribution < 1.29 is 22.3 Å². The number of Topliss-reactive ketones (excluding diaryl/α,β-unsaturated/α-hetero) is 1. The number of halogens is 1. The maximum Gasteiger partial charge on any atom is 0.261 e. The first-order chi connectivity index (χ1) is 12.9. The van der Waals surface area contributed by atoms with Gasteiger partial charge in [0, 0.05) is 11.1 Å². The molecule has 1 N–H and O–H groups in total. The van der Waals surface area contributed by atoms with E-state index in [-0.39, 0.29) is 16.1 Å². The van der Waals surface area contributed by atoms with Gasteiger partial charge in [0.1, 0.15) is 11.6 Å². The van der Waals surface area contributed by atoms with Gasteiger partial charge in [-0.1, -0.05) is 18.2 Å². The lowest BCUT2D eigenvalue weighted by molar-refractivity contribution is 0.103. The van der Waals surface area contributed by atoms with Crippen molar-refractivity contribution >= 4 is 21.5 Å². The van der Waals surface area contributed by atoms with E-state index in [0.717, 1.165) is 12.1 Å². The molecule has 1 aliphatic rings. The quantitative estimate of drug-likeness (QED) is 0.758. The van der Waals surface area contributed by atoms with Gasteiger partial charge in [-0.2, -0.15) is 0 Å². The molecule has 0 spiro atoms. The van der Waals surface area contributed by atoms with Crippen LogP contribution in [0.1, 0.15) is 23.2 Å². The Morgan fingerprint density at radius 2 is 1.89 bits per heavy atom. The van der Waals surface area contributed by atoms with E-state index in [0.29, 0.717) is 24.2 Å². The Kier molecular flexibility index (Phi) is 5.41. The summed E-state index contributed by atoms with van der Waals surface area (Å²) >= 11 is 0. The minimum atomic E-state index is -3.95. The van der Waals surface area contributed by atoms with Gasteiger partial charge >= 0.3 is 0 Å². The molecule has 0 saturated carbocycles. The smallest absolute Gasteiger partial charge is 0.261 e. The van der Waals surface area contributed by atoms with Crippen molar-refractivity contribution in [1.29, 1.82) is 0 Å². The second-order valence-electron chi connectivity index (χ2n) is 5.96. The third-order valence-corrected chi connectivity index (χ3v) is 5.53. The molecule has 2 aromatic carbocycles. The molecular weight excluding hydrogens is 369 g/mol. The lowest BCUT2D eigenvalue weighted by Gasteiger charge is -2.14. The van der Waals surface area contributed by atoms with E-state index in [1.54, 1.807) is 12.2 Å². The first kappa shape index (κ1) is 18.8. The standard InChI is InChI=1S/C20H18FNO4S/c1-26-16-8-10-17(11-9-16)27(24,25)22-19-12-7-15(21)13-18(19)20(23)14-5-3-2-4-6-14/h2-3,5,7-13,22H,4,6H2,1H3. The fraction of sp³-hybridized carbons (Fsp3) is 0.150. The number of hydrogen-bond donors (Lipinski definition) is 1. The molecule has 3 rings (SSSR count). The summed E-state index contributed by atoms with van der Waals surface area (Å²) in [6, 6.07) is 9.23. The fourth-order valence-corrected chi connectivity index (χ4v) is 3.80. The van der Waals surface area contributed by atoms with Crippen LogP contribution in [0.4, 0.5) is 10.1 Å². The summed E-state index contributed by atoms with van der Waals surface area (Å²) in [5.74, 6) is -0.493. The van der Waals surface area contributed by atoms with Crippen LogP contribution in [0.15, 0.2) is 71.2 Å². The highest BCUT2D eigenvalue weighted by Crippen LogP contribution is 2.26. The Bertz CT molecular complexity index is 1020. The summed E-state index contributed by atoms with van der Waals surface area (Å²) in [4.78, 5) is 12.8. The Morgan fingerprint density at radius 3 is 2.52 bits per heavy atom. The average Bonchev–Trinajstić information content (AvgIpc) is 2.69. The highest BCUT2D eigenvalue weighted by Gasteiger charge is 2.21. The number of benzene rings is 2. The van der Waals surface area contributed by atoms with Gasteiger partial charge < -0.3 is 4.74 Å². The summed E-state index contributed by atoms with van der Waals surface area (Å²) in [5.41, 5.74) is 0.523. The van der Waals surface area contributed by atoms with Crippen molar-refractivity contribution in [3.8, 4) is 5.75 Å². The molecule has 0 heterocycles. The molecule has 0 unspecified atom stereocenters. The summed E-state index contributed by atoms with van der Waals surface area (Å²) in [5, 5.41) is 0. The molecule has 0 bridgehead atoms. The topological polar surface area (TPSA) is 72.5 Å². The minimum absolute atomic E-state index is 0.00541. The normalized spacial score (nSPS) is 13.8. The molecule has 7 heteroatoms. The number of allylic oxidation sites excluding steroid dienone is 4. The molecule has 1 aliphatic carbocycles. The zero-order valence-corrected chi connectivity index (χ0v) is 15.4. The van der Waals surface area contributed by atoms with Gasteiger partial charge in [-0.25, -0.2) is 12.8 Å². The number of carbonyl (C=O) groups excluding carboxylic acids is 1. The maximum atomic E-state index is 13.7. The number of sulfonamides is 1. The first-order valence-electron chi connectivity index (χ1n) is 8.27. The maximum absolute atomic E-state index is 13.7. The summed E-state index contributed by atoms with van der Waals surface area (Å²) < 4.78 is 46.5. The largest absolute Gasteiger partial charge is 0.497 e. The number of carbonyl (C=O) groups is 1. The third kappa shape index (κ3) is 4.25. The van der Waals surface area contributed by atoms with Gasteiger partial charge in [-0.15, -0.1) is 0 Å². The van der Waals surface area contributed by atoms with E-state index in [9.17, 15) is 17.6 Å². The van der Waals surface area contributed by atoms with Crippen LogP contribution in [0, 0.1) is 5.82 Å². The molecule has 140 valence electrons. The molecule has 0 aromatic heterocycles. The average molecular weight is 387 g/mol. The van der Waals surface area contributed by atoms with Crippen molar-refractivity contribution in [2.24, 2.45) is 0 Å². The molecular formula is C20H18FNO4S. The SMILES string of the molecule is COc1ccc(S(=O)(=O)Nc2ccc(F)cc2C(=O)C2=CC=CCC2)cc1. The molecule has 0 amide bonds. The van der Waals surface area contributed by atoms with Gasteiger partial charge in [-0.3, -0.25) is 9.52 Å². The molecule has 0 atom stereocenters. The monoisotopic (exact) mass is 387 g/mol. The summed E-state index contributed by atoms with van der Waals surface area (Å²) in [6.07, 6.45) is 6.59. The number of anilines is 1. The number of methoxy groups -OCH3 is 1. The van der Waals surface area contributed by atoms with Crippen molar-refractivity contribution in [3.63, 3.8) is 0 Å². The van der Waals surface area contributed by atoms with Crippen molar-refractivity contribution in [3.05, 3.63) is 77.6 Å². The number of hydrogen-bond acceptors (Lipinski definition) is 4. The first-order valence-corrected chi connectivity index (χ1v) is 9.76. The van der Waals surface area contributed by atoms with Crippen LogP contribution < -0.4 is 9.46 Å². The number of ether oxygens (including phenoxy) is 1. The zero-order chi connectivity index (χ0) is 19.4. The summed E-state index contributed by atoms with van der Waals surface area (Å²) in [6.45, 7) is 0. The molecule has 2 aromatic rings. The number of nitrogens with one attached hydrogen (secondary N) is 1. The van der Waals surface area contributed by atoms with Crippen LogP contribution in [-0.4, -0.2) is 21.3 Å². The fourth-order valence-electron chi connectivity index (χ4n) is 2.72. The van der Waals surface area contributed by atoms with Crippen LogP contribution in [0.25, 0.3) is 0 Å². The van der Waals surface area contributed by atoms with Crippen LogP contribution in [-0.2, 0) is 10.0 Å². The van der Waals surface area contributed by atoms with Crippen LogP contribution in [0.3, 0.4) is 0 Å². The lowest BCUT2D eigenvalue weighted by atomic mass is 9.95. The van der Waals surface area contributed by atoms with Gasteiger partial charge in [0.25, 0.3) is 10.0 Å². The van der Waals surface area contributed by atoms with E-state index in [1.165, 1.54) is 37.4 Å². The van der Waals surface area contributed by atoms with E-state index in [1.807, 2.05) is 6.08 Å².